The molecule has 0 aromatic carbocycles. The molecule has 1 aliphatic rings. The largest absolute Gasteiger partial charge is 0.334 e. The average Bonchev–Trinajstić information content (AvgIpc) is 2.52. The van der Waals surface area contributed by atoms with E-state index in [9.17, 15) is 9.59 Å². The molecule has 5 nitrogen and oxygen atoms in total. The number of carbonyl (C=O) groups is 2. The molecule has 0 saturated carbocycles. The van der Waals surface area contributed by atoms with Gasteiger partial charge in [0.1, 0.15) is 12.6 Å². The third kappa shape index (κ3) is 2.97. The van der Waals surface area contributed by atoms with Crippen molar-refractivity contribution < 1.29 is 14.4 Å². The normalized spacial score (nSPS) is 20.5. The van der Waals surface area contributed by atoms with Gasteiger partial charge in [0, 0.05) is 5.75 Å². The molecule has 1 heterocycles. The molecule has 0 spiro atoms. The Hall–Kier alpha value is -1.19. The number of thioether (sulfide) groups is 1. The number of amides is 2. The molecule has 0 aromatic heterocycles. The fourth-order valence-corrected chi connectivity index (χ4v) is 1.52. The summed E-state index contributed by atoms with van der Waals surface area (Å²) in [5.74, 6) is 2.23. The minimum absolute atomic E-state index is 0.0134. The number of hydrogen-bond acceptors (Lipinski definition) is 4. The molecule has 0 aromatic rings. The summed E-state index contributed by atoms with van der Waals surface area (Å²) < 4.78 is 0. The lowest BCUT2D eigenvalue weighted by Gasteiger charge is -2.08. The summed E-state index contributed by atoms with van der Waals surface area (Å²) in [5.41, 5.74) is 2.14. The maximum Gasteiger partial charge on any atom is 0.279 e. The lowest BCUT2D eigenvalue weighted by molar-refractivity contribution is -0.133. The highest BCUT2D eigenvalue weighted by Gasteiger charge is 2.27. The Labute approximate surface area is 79.5 Å². The molecule has 2 N–H and O–H groups in total. The van der Waals surface area contributed by atoms with Gasteiger partial charge in [-0.15, -0.1) is 6.42 Å². The maximum absolute atomic E-state index is 11.1. The van der Waals surface area contributed by atoms with Crippen LogP contribution in [0.15, 0.2) is 0 Å². The van der Waals surface area contributed by atoms with Gasteiger partial charge < -0.3 is 5.32 Å². The number of rotatable bonds is 3. The van der Waals surface area contributed by atoms with Crippen LogP contribution in [-0.2, 0) is 9.63 Å². The Morgan fingerprint density at radius 1 is 1.92 bits per heavy atom. The van der Waals surface area contributed by atoms with Crippen molar-refractivity contribution in [2.45, 2.75) is 6.04 Å². The van der Waals surface area contributed by atoms with Gasteiger partial charge in [-0.3, -0.25) is 14.4 Å². The smallest absolute Gasteiger partial charge is 0.279 e. The van der Waals surface area contributed by atoms with Crippen LogP contribution in [0.25, 0.3) is 0 Å². The Balaban J connectivity index is 2.24. The van der Waals surface area contributed by atoms with Gasteiger partial charge in [-0.1, -0.05) is 17.7 Å². The Morgan fingerprint density at radius 3 is 3.23 bits per heavy atom. The van der Waals surface area contributed by atoms with Crippen molar-refractivity contribution in [3.05, 3.63) is 0 Å². The average molecular weight is 200 g/mol. The fourth-order valence-electron chi connectivity index (χ4n) is 0.746. The van der Waals surface area contributed by atoms with Crippen LogP contribution in [-0.4, -0.2) is 29.5 Å². The van der Waals surface area contributed by atoms with Gasteiger partial charge in [0.2, 0.25) is 0 Å². The standard InChI is InChI=1S/C7H8N2O3S/c1-2-3-12-9-6(10)5-4-13-7(11)8-5/h1,5H,3-4H2,(H,8,11)(H,9,10). The zero-order valence-electron chi connectivity index (χ0n) is 6.70. The predicted octanol–water partition coefficient (Wildman–Crippen LogP) is -0.508. The van der Waals surface area contributed by atoms with E-state index in [2.05, 4.69) is 21.6 Å². The van der Waals surface area contributed by atoms with Crippen molar-refractivity contribution in [1.82, 2.24) is 10.8 Å². The Morgan fingerprint density at radius 2 is 2.69 bits per heavy atom. The first kappa shape index (κ1) is 9.89. The second kappa shape index (κ2) is 4.74. The fraction of sp³-hybridized carbons (Fsp3) is 0.429. The molecule has 13 heavy (non-hydrogen) atoms. The van der Waals surface area contributed by atoms with Crippen molar-refractivity contribution in [3.63, 3.8) is 0 Å². The van der Waals surface area contributed by atoms with E-state index in [4.69, 9.17) is 6.42 Å². The number of terminal acetylenes is 1. The van der Waals surface area contributed by atoms with Crippen LogP contribution in [0.1, 0.15) is 0 Å². The first-order valence-corrected chi connectivity index (χ1v) is 4.51. The molecular weight excluding hydrogens is 192 g/mol. The summed E-state index contributed by atoms with van der Waals surface area (Å²) in [7, 11) is 0. The molecule has 1 fully saturated rings. The summed E-state index contributed by atoms with van der Waals surface area (Å²) in [6.07, 6.45) is 4.89. The number of carbonyl (C=O) groups excluding carboxylic acids is 2. The zero-order chi connectivity index (χ0) is 9.68. The van der Waals surface area contributed by atoms with Crippen LogP contribution in [0.2, 0.25) is 0 Å². The molecule has 1 aliphatic heterocycles. The lowest BCUT2D eigenvalue weighted by atomic mass is 10.3. The van der Waals surface area contributed by atoms with Gasteiger partial charge in [0.25, 0.3) is 11.1 Å². The van der Waals surface area contributed by atoms with E-state index in [0.717, 1.165) is 11.8 Å². The summed E-state index contributed by atoms with van der Waals surface area (Å²) in [6.45, 7) is 0.0134. The molecule has 1 rings (SSSR count). The molecular formula is C7H8N2O3S. The third-order valence-corrected chi connectivity index (χ3v) is 2.20. The van der Waals surface area contributed by atoms with E-state index >= 15 is 0 Å². The topological polar surface area (TPSA) is 67.4 Å². The first-order valence-electron chi connectivity index (χ1n) is 3.52. The monoisotopic (exact) mass is 200 g/mol. The van der Waals surface area contributed by atoms with Gasteiger partial charge in [0.05, 0.1) is 0 Å². The summed E-state index contributed by atoms with van der Waals surface area (Å²) >= 11 is 1.07. The lowest BCUT2D eigenvalue weighted by Crippen LogP contribution is -2.42. The van der Waals surface area contributed by atoms with Crippen molar-refractivity contribution >= 4 is 22.9 Å². The maximum atomic E-state index is 11.1. The molecule has 70 valence electrons. The van der Waals surface area contributed by atoms with Crippen molar-refractivity contribution in [2.24, 2.45) is 0 Å². The highest BCUT2D eigenvalue weighted by Crippen LogP contribution is 2.12. The van der Waals surface area contributed by atoms with Gasteiger partial charge in [-0.05, 0) is 0 Å². The zero-order valence-corrected chi connectivity index (χ0v) is 7.52. The molecule has 0 radical (unpaired) electrons. The number of nitrogens with one attached hydrogen (secondary N) is 2. The van der Waals surface area contributed by atoms with Crippen LogP contribution in [0.4, 0.5) is 4.79 Å². The highest BCUT2D eigenvalue weighted by atomic mass is 32.2. The minimum Gasteiger partial charge on any atom is -0.334 e. The van der Waals surface area contributed by atoms with E-state index in [1.54, 1.807) is 0 Å². The van der Waals surface area contributed by atoms with Crippen LogP contribution in [0.5, 0.6) is 0 Å². The first-order chi connectivity index (χ1) is 6.24. The van der Waals surface area contributed by atoms with E-state index < -0.39 is 6.04 Å². The molecule has 2 amide bonds. The second-order valence-electron chi connectivity index (χ2n) is 2.25. The van der Waals surface area contributed by atoms with E-state index in [-0.39, 0.29) is 17.8 Å². The van der Waals surface area contributed by atoms with Crippen LogP contribution in [0, 0.1) is 12.3 Å². The predicted molar refractivity (Wildman–Crippen MR) is 47.7 cm³/mol. The second-order valence-corrected chi connectivity index (χ2v) is 3.25. The van der Waals surface area contributed by atoms with E-state index in [0.29, 0.717) is 5.75 Å². The quantitative estimate of drug-likeness (QED) is 0.366. The molecule has 0 bridgehead atoms. The number of hydrogen-bond donors (Lipinski definition) is 2. The molecule has 6 heteroatoms. The van der Waals surface area contributed by atoms with Gasteiger partial charge >= 0.3 is 0 Å². The molecule has 1 atom stereocenters. The Kier molecular flexibility index (Phi) is 3.61. The molecule has 1 unspecified atom stereocenters. The van der Waals surface area contributed by atoms with Crippen molar-refractivity contribution in [3.8, 4) is 12.3 Å². The van der Waals surface area contributed by atoms with Gasteiger partial charge in [0.15, 0.2) is 0 Å². The van der Waals surface area contributed by atoms with Gasteiger partial charge in [-0.25, -0.2) is 5.48 Å². The van der Waals surface area contributed by atoms with Crippen LogP contribution < -0.4 is 10.8 Å². The third-order valence-electron chi connectivity index (χ3n) is 1.32. The number of hydroxylamine groups is 1. The van der Waals surface area contributed by atoms with Crippen LogP contribution in [0.3, 0.4) is 0 Å². The van der Waals surface area contributed by atoms with Crippen molar-refractivity contribution in [1.29, 1.82) is 0 Å². The minimum atomic E-state index is -0.518. The summed E-state index contributed by atoms with van der Waals surface area (Å²) in [6, 6.07) is -0.518. The SMILES string of the molecule is C#CCONC(=O)C1CSC(=O)N1. The summed E-state index contributed by atoms with van der Waals surface area (Å²) in [4.78, 5) is 26.4. The van der Waals surface area contributed by atoms with Crippen LogP contribution >= 0.6 is 11.8 Å². The molecule has 0 aliphatic carbocycles. The van der Waals surface area contributed by atoms with Gasteiger partial charge in [-0.2, -0.15) is 0 Å². The van der Waals surface area contributed by atoms with E-state index in [1.165, 1.54) is 0 Å². The van der Waals surface area contributed by atoms with E-state index in [1.807, 2.05) is 0 Å². The highest BCUT2D eigenvalue weighted by molar-refractivity contribution is 8.14. The molecule has 1 saturated heterocycles. The van der Waals surface area contributed by atoms with Crippen molar-refractivity contribution in [2.75, 3.05) is 12.4 Å². The summed E-state index contributed by atoms with van der Waals surface area (Å²) in [5, 5.41) is 2.26. The Bertz CT molecular complexity index is 261.